The lowest BCUT2D eigenvalue weighted by atomic mass is 9.88. The minimum atomic E-state index is -1.28. The summed E-state index contributed by atoms with van der Waals surface area (Å²) in [6.45, 7) is 3.73. The van der Waals surface area contributed by atoms with Crippen LogP contribution in [-0.2, 0) is 0 Å². The van der Waals surface area contributed by atoms with Crippen LogP contribution in [0.3, 0.4) is 0 Å². The van der Waals surface area contributed by atoms with Crippen molar-refractivity contribution in [3.05, 3.63) is 29.8 Å². The highest BCUT2D eigenvalue weighted by Crippen LogP contribution is 2.52. The molecule has 2 rings (SSSR count). The molecular formula is C12H12Cl2O2S. The van der Waals surface area contributed by atoms with Crippen molar-refractivity contribution in [1.29, 1.82) is 0 Å². The molecule has 0 saturated heterocycles. The van der Waals surface area contributed by atoms with E-state index in [-0.39, 0.29) is 5.78 Å². The second-order valence-corrected chi connectivity index (χ2v) is 6.20. The van der Waals surface area contributed by atoms with Crippen LogP contribution in [-0.4, -0.2) is 15.6 Å². The van der Waals surface area contributed by atoms with Crippen LogP contribution in [0.2, 0.25) is 0 Å². The standard InChI is InChI=1S/C12H12Cl2O2S/c1-3-11(2)12(13,17-14)10(15)8-6-4-5-7-9(8)16-11/h4-7H,3H2,1-2H3. The Labute approximate surface area is 114 Å². The van der Waals surface area contributed by atoms with Gasteiger partial charge in [-0.05, 0) is 47.1 Å². The zero-order chi connectivity index (χ0) is 12.7. The zero-order valence-electron chi connectivity index (χ0n) is 9.50. The lowest BCUT2D eigenvalue weighted by Crippen LogP contribution is -2.57. The maximum absolute atomic E-state index is 12.4. The molecule has 0 aliphatic carbocycles. The molecule has 0 spiro atoms. The number of para-hydroxylation sites is 1. The second kappa shape index (κ2) is 4.38. The molecule has 2 nitrogen and oxygen atoms in total. The lowest BCUT2D eigenvalue weighted by Gasteiger charge is -2.44. The minimum absolute atomic E-state index is 0.189. The van der Waals surface area contributed by atoms with Crippen molar-refractivity contribution in [1.82, 2.24) is 0 Å². The number of alkyl halides is 1. The zero-order valence-corrected chi connectivity index (χ0v) is 11.8. The van der Waals surface area contributed by atoms with Crippen LogP contribution in [0.25, 0.3) is 0 Å². The number of halogens is 2. The summed E-state index contributed by atoms with van der Waals surface area (Å²) in [5.74, 6) is 0.384. The molecule has 1 aliphatic rings. The maximum Gasteiger partial charge on any atom is 0.206 e. The fraction of sp³-hybridized carbons (Fsp3) is 0.417. The Kier molecular flexibility index (Phi) is 3.36. The molecule has 0 aromatic heterocycles. The van der Waals surface area contributed by atoms with E-state index < -0.39 is 9.81 Å². The number of hydrogen-bond acceptors (Lipinski definition) is 3. The molecule has 1 aromatic rings. The van der Waals surface area contributed by atoms with Crippen LogP contribution in [0, 0.1) is 0 Å². The van der Waals surface area contributed by atoms with E-state index in [2.05, 4.69) is 0 Å². The van der Waals surface area contributed by atoms with E-state index in [0.29, 0.717) is 17.7 Å². The van der Waals surface area contributed by atoms with E-state index >= 15 is 0 Å². The largest absolute Gasteiger partial charge is 0.484 e. The third-order valence-corrected chi connectivity index (χ3v) is 5.78. The monoisotopic (exact) mass is 290 g/mol. The molecule has 5 heteroatoms. The van der Waals surface area contributed by atoms with Gasteiger partial charge in [0.25, 0.3) is 0 Å². The molecule has 0 N–H and O–H groups in total. The first-order chi connectivity index (χ1) is 7.98. The first kappa shape index (κ1) is 13.1. The average molecular weight is 291 g/mol. The van der Waals surface area contributed by atoms with Gasteiger partial charge in [0, 0.05) is 0 Å². The Morgan fingerprint density at radius 2 is 2.06 bits per heavy atom. The molecule has 92 valence electrons. The van der Waals surface area contributed by atoms with Crippen molar-refractivity contribution in [2.75, 3.05) is 0 Å². The first-order valence-corrected chi connectivity index (χ1v) is 7.32. The number of ketones is 1. The van der Waals surface area contributed by atoms with Crippen molar-refractivity contribution in [2.24, 2.45) is 0 Å². The Morgan fingerprint density at radius 1 is 1.41 bits per heavy atom. The highest BCUT2D eigenvalue weighted by Gasteiger charge is 2.58. The SMILES string of the molecule is CCC1(C)Oc2ccccc2C(=O)C1(Cl)SCl. The number of fused-ring (bicyclic) bond motifs is 1. The smallest absolute Gasteiger partial charge is 0.206 e. The molecule has 0 bridgehead atoms. The van der Waals surface area contributed by atoms with E-state index in [1.54, 1.807) is 18.2 Å². The van der Waals surface area contributed by atoms with Crippen LogP contribution in [0.15, 0.2) is 24.3 Å². The van der Waals surface area contributed by atoms with Crippen LogP contribution in [0.1, 0.15) is 30.6 Å². The van der Waals surface area contributed by atoms with Gasteiger partial charge in [0.15, 0.2) is 0 Å². The normalized spacial score (nSPS) is 31.9. The van der Waals surface area contributed by atoms with Gasteiger partial charge in [0.1, 0.15) is 11.4 Å². The number of ether oxygens (including phenoxy) is 1. The number of rotatable bonds is 2. The fourth-order valence-corrected chi connectivity index (χ4v) is 3.38. The van der Waals surface area contributed by atoms with Crippen molar-refractivity contribution in [3.63, 3.8) is 0 Å². The highest BCUT2D eigenvalue weighted by molar-refractivity contribution is 8.23. The van der Waals surface area contributed by atoms with Gasteiger partial charge in [-0.2, -0.15) is 0 Å². The predicted molar refractivity (Wildman–Crippen MR) is 72.1 cm³/mol. The molecule has 2 unspecified atom stereocenters. The summed E-state index contributed by atoms with van der Waals surface area (Å²) < 4.78 is 4.61. The maximum atomic E-state index is 12.4. The van der Waals surface area contributed by atoms with Gasteiger partial charge in [0.2, 0.25) is 9.99 Å². The molecule has 0 radical (unpaired) electrons. The van der Waals surface area contributed by atoms with E-state index in [4.69, 9.17) is 27.0 Å². The summed E-state index contributed by atoms with van der Waals surface area (Å²) in [7, 11) is 6.64. The highest BCUT2D eigenvalue weighted by atomic mass is 35.7. The Bertz CT molecular complexity index is 466. The fourth-order valence-electron chi connectivity index (χ4n) is 1.88. The number of hydrogen-bond donors (Lipinski definition) is 0. The van der Waals surface area contributed by atoms with Gasteiger partial charge >= 0.3 is 0 Å². The van der Waals surface area contributed by atoms with Gasteiger partial charge in [-0.1, -0.05) is 30.7 Å². The number of Topliss-reactive ketones (excluding diaryl/α,β-unsaturated/α-hetero) is 1. The lowest BCUT2D eigenvalue weighted by molar-refractivity contribution is 0.0454. The number of carbonyl (C=O) groups is 1. The summed E-state index contributed by atoms with van der Waals surface area (Å²) in [5.41, 5.74) is -0.326. The molecule has 2 atom stereocenters. The van der Waals surface area contributed by atoms with Crippen LogP contribution in [0.5, 0.6) is 5.75 Å². The molecule has 17 heavy (non-hydrogen) atoms. The first-order valence-electron chi connectivity index (χ1n) is 5.30. The summed E-state index contributed by atoms with van der Waals surface area (Å²) in [4.78, 5) is 12.4. The minimum Gasteiger partial charge on any atom is -0.484 e. The molecule has 0 amide bonds. The van der Waals surface area contributed by atoms with E-state index in [1.807, 2.05) is 19.9 Å². The summed E-state index contributed by atoms with van der Waals surface area (Å²) in [6.07, 6.45) is 0.594. The topological polar surface area (TPSA) is 26.3 Å². The van der Waals surface area contributed by atoms with Gasteiger partial charge in [0.05, 0.1) is 5.56 Å². The third-order valence-electron chi connectivity index (χ3n) is 3.22. The Balaban J connectivity index is 2.61. The van der Waals surface area contributed by atoms with Crippen molar-refractivity contribution in [3.8, 4) is 5.75 Å². The quantitative estimate of drug-likeness (QED) is 0.762. The van der Waals surface area contributed by atoms with Crippen LogP contribution < -0.4 is 4.74 Å². The van der Waals surface area contributed by atoms with Crippen LogP contribution in [0.4, 0.5) is 0 Å². The molecule has 0 saturated carbocycles. The second-order valence-electron chi connectivity index (χ2n) is 4.18. The third kappa shape index (κ3) is 1.76. The Morgan fingerprint density at radius 3 is 2.65 bits per heavy atom. The van der Waals surface area contributed by atoms with Crippen LogP contribution >= 0.6 is 33.3 Å². The predicted octanol–water partition coefficient (Wildman–Crippen LogP) is 4.25. The van der Waals surface area contributed by atoms with E-state index in [9.17, 15) is 4.79 Å². The summed E-state index contributed by atoms with van der Waals surface area (Å²) in [5, 5.41) is 0. The van der Waals surface area contributed by atoms with Gasteiger partial charge < -0.3 is 4.74 Å². The number of benzene rings is 1. The number of carbonyl (C=O) groups excluding carboxylic acids is 1. The Hall–Kier alpha value is -0.380. The van der Waals surface area contributed by atoms with Crippen molar-refractivity contribution in [2.45, 2.75) is 30.1 Å². The molecule has 0 fully saturated rings. The van der Waals surface area contributed by atoms with Crippen molar-refractivity contribution < 1.29 is 9.53 Å². The van der Waals surface area contributed by atoms with E-state index in [0.717, 1.165) is 11.0 Å². The molecular weight excluding hydrogens is 279 g/mol. The van der Waals surface area contributed by atoms with Gasteiger partial charge in [-0.3, -0.25) is 4.79 Å². The van der Waals surface area contributed by atoms with E-state index in [1.165, 1.54) is 0 Å². The van der Waals surface area contributed by atoms with Gasteiger partial charge in [-0.15, -0.1) is 0 Å². The molecule has 1 aromatic carbocycles. The molecule has 1 heterocycles. The summed E-state index contributed by atoms with van der Waals surface area (Å²) in [6, 6.07) is 7.09. The average Bonchev–Trinajstić information content (AvgIpc) is 2.36. The molecule has 1 aliphatic heterocycles. The summed E-state index contributed by atoms with van der Waals surface area (Å²) >= 11 is 6.40. The van der Waals surface area contributed by atoms with Crippen molar-refractivity contribution >= 4 is 39.0 Å². The van der Waals surface area contributed by atoms with Gasteiger partial charge in [-0.25, -0.2) is 0 Å².